The van der Waals surface area contributed by atoms with E-state index in [-0.39, 0.29) is 18.8 Å². The maximum absolute atomic E-state index is 12.3. The van der Waals surface area contributed by atoms with E-state index in [9.17, 15) is 15.0 Å². The molecule has 0 spiro atoms. The second-order valence-electron chi connectivity index (χ2n) is 8.47. The van der Waals surface area contributed by atoms with Crippen LogP contribution in [0.4, 0.5) is 5.82 Å². The van der Waals surface area contributed by atoms with Gasteiger partial charge in [-0.2, -0.15) is 0 Å². The second-order valence-corrected chi connectivity index (χ2v) is 8.47. The first-order valence-electron chi connectivity index (χ1n) is 11.1. The molecular formula is C22H30N8O4. The number of rotatable bonds is 10. The average Bonchev–Trinajstić information content (AvgIpc) is 3.40. The van der Waals surface area contributed by atoms with Gasteiger partial charge in [0.2, 0.25) is 0 Å². The molecular weight excluding hydrogens is 440 g/mol. The molecule has 2 atom stereocenters. The van der Waals surface area contributed by atoms with Crippen LogP contribution < -0.4 is 10.2 Å². The molecule has 1 saturated heterocycles. The maximum atomic E-state index is 12.3. The van der Waals surface area contributed by atoms with Crippen molar-refractivity contribution >= 4 is 22.9 Å². The number of imidazole rings is 1. The number of nitrogens with one attached hydrogen (secondary N) is 1. The third-order valence-corrected chi connectivity index (χ3v) is 6.03. The number of carbonyl (C=O) groups excluding carboxylic acids is 1. The number of hydrogen-bond donors (Lipinski definition) is 3. The zero-order valence-corrected chi connectivity index (χ0v) is 19.3. The number of aromatic nitrogens is 5. The molecule has 1 fully saturated rings. The summed E-state index contributed by atoms with van der Waals surface area (Å²) >= 11 is 0. The number of pyridine rings is 1. The van der Waals surface area contributed by atoms with E-state index in [1.165, 1.54) is 12.5 Å². The van der Waals surface area contributed by atoms with Crippen LogP contribution >= 0.6 is 0 Å². The van der Waals surface area contributed by atoms with E-state index in [0.717, 1.165) is 5.65 Å². The van der Waals surface area contributed by atoms with Gasteiger partial charge in [0.15, 0.2) is 17.0 Å². The van der Waals surface area contributed by atoms with Crippen molar-refractivity contribution in [2.24, 2.45) is 0 Å². The van der Waals surface area contributed by atoms with Gasteiger partial charge in [-0.05, 0) is 12.1 Å². The molecule has 1 amide bonds. The predicted molar refractivity (Wildman–Crippen MR) is 124 cm³/mol. The van der Waals surface area contributed by atoms with Gasteiger partial charge in [-0.1, -0.05) is 6.07 Å². The van der Waals surface area contributed by atoms with Crippen LogP contribution in [-0.4, -0.2) is 111 Å². The molecule has 0 unspecified atom stereocenters. The molecule has 0 saturated carbocycles. The first kappa shape index (κ1) is 24.0. The maximum Gasteiger partial charge on any atom is 0.269 e. The van der Waals surface area contributed by atoms with E-state index in [1.807, 2.05) is 21.4 Å². The van der Waals surface area contributed by atoms with Gasteiger partial charge in [-0.15, -0.1) is 0 Å². The number of β-amino-alcohol motifs (C(OH)–C–C–N with tert-alkyl or cyclic N) is 2. The number of ether oxygens (including phenoxy) is 1. The summed E-state index contributed by atoms with van der Waals surface area (Å²) in [6, 6.07) is 5.03. The summed E-state index contributed by atoms with van der Waals surface area (Å²) in [7, 11) is 3.57. The minimum atomic E-state index is -1.44. The van der Waals surface area contributed by atoms with Crippen LogP contribution in [0.15, 0.2) is 37.1 Å². The first-order chi connectivity index (χ1) is 16.4. The van der Waals surface area contributed by atoms with Crippen LogP contribution in [0.2, 0.25) is 0 Å². The van der Waals surface area contributed by atoms with Crippen LogP contribution in [0, 0.1) is 0 Å². The molecule has 1 aliphatic heterocycles. The summed E-state index contributed by atoms with van der Waals surface area (Å²) in [5, 5.41) is 24.1. The molecule has 1 aliphatic rings. The minimum Gasteiger partial charge on any atom is -0.389 e. The fourth-order valence-corrected chi connectivity index (χ4v) is 4.03. The van der Waals surface area contributed by atoms with Crippen molar-refractivity contribution in [2.45, 2.75) is 18.2 Å². The van der Waals surface area contributed by atoms with Gasteiger partial charge in [-0.25, -0.2) is 15.0 Å². The van der Waals surface area contributed by atoms with Gasteiger partial charge in [-0.3, -0.25) is 14.7 Å². The number of carbonyl (C=O) groups is 1. The quantitative estimate of drug-likeness (QED) is 0.343. The first-order valence-corrected chi connectivity index (χ1v) is 11.1. The molecule has 0 aliphatic carbocycles. The molecule has 12 nitrogen and oxygen atoms in total. The average molecular weight is 471 g/mol. The van der Waals surface area contributed by atoms with Crippen LogP contribution in [-0.2, 0) is 11.3 Å². The van der Waals surface area contributed by atoms with Crippen molar-refractivity contribution in [1.29, 1.82) is 0 Å². The molecule has 3 aromatic rings. The lowest BCUT2D eigenvalue weighted by Crippen LogP contribution is -2.51. The van der Waals surface area contributed by atoms with E-state index in [2.05, 4.69) is 25.3 Å². The summed E-state index contributed by atoms with van der Waals surface area (Å²) in [6.07, 6.45) is 3.79. The summed E-state index contributed by atoms with van der Waals surface area (Å²) in [5.41, 5.74) is 0.267. The third-order valence-electron chi connectivity index (χ3n) is 6.03. The number of likely N-dealkylation sites (N-methyl/N-ethyl adjacent to an activating group) is 1. The number of likely N-dealkylation sites (tertiary alicyclic amines) is 1. The van der Waals surface area contributed by atoms with Gasteiger partial charge in [0.05, 0.1) is 25.6 Å². The SMILES string of the molecule is COCCn1cnc2c(N(C)CCN3C[C@@H](O)[C@](O)(CNC(=O)c4ccccn4)C3)ncnc21. The number of hydrogen-bond acceptors (Lipinski definition) is 10. The number of fused-ring (bicyclic) bond motifs is 1. The largest absolute Gasteiger partial charge is 0.389 e. The Morgan fingerprint density at radius 3 is 2.91 bits per heavy atom. The number of aliphatic hydroxyl groups excluding tert-OH is 1. The van der Waals surface area contributed by atoms with Gasteiger partial charge in [0, 0.05) is 53.1 Å². The smallest absolute Gasteiger partial charge is 0.269 e. The minimum absolute atomic E-state index is 0.0681. The van der Waals surface area contributed by atoms with Gasteiger partial charge < -0.3 is 29.7 Å². The van der Waals surface area contributed by atoms with Crippen molar-refractivity contribution in [3.05, 3.63) is 42.7 Å². The molecule has 4 heterocycles. The highest BCUT2D eigenvalue weighted by Gasteiger charge is 2.44. The van der Waals surface area contributed by atoms with Crippen molar-refractivity contribution in [1.82, 2.24) is 34.7 Å². The molecule has 34 heavy (non-hydrogen) atoms. The monoisotopic (exact) mass is 470 g/mol. The molecule has 182 valence electrons. The molecule has 0 aromatic carbocycles. The van der Waals surface area contributed by atoms with E-state index in [4.69, 9.17) is 4.74 Å². The highest BCUT2D eigenvalue weighted by Crippen LogP contribution is 2.23. The van der Waals surface area contributed by atoms with E-state index >= 15 is 0 Å². The number of aliphatic hydroxyl groups is 2. The van der Waals surface area contributed by atoms with Crippen LogP contribution in [0.25, 0.3) is 11.2 Å². The van der Waals surface area contributed by atoms with Gasteiger partial charge >= 0.3 is 0 Å². The fourth-order valence-electron chi connectivity index (χ4n) is 4.03. The second kappa shape index (κ2) is 10.4. The number of amides is 1. The highest BCUT2D eigenvalue weighted by atomic mass is 16.5. The van der Waals surface area contributed by atoms with E-state index in [0.29, 0.717) is 44.1 Å². The lowest BCUT2D eigenvalue weighted by atomic mass is 10.0. The molecule has 4 rings (SSSR count). The Bertz CT molecular complexity index is 1110. The van der Waals surface area contributed by atoms with Gasteiger partial charge in [0.1, 0.15) is 17.6 Å². The Kier molecular flexibility index (Phi) is 7.32. The standard InChI is InChI=1S/C22H30N8O4/c1-28(19-18-20(26-14-25-19)30(15-27-18)9-10-34-2)7-8-29-11-17(31)22(33,13-29)12-24-21(32)16-5-3-4-6-23-16/h3-6,14-15,17,31,33H,7-13H2,1-2H3,(H,24,32)/t17-,22+/m1/s1. The van der Waals surface area contributed by atoms with Crippen LogP contribution in [0.5, 0.6) is 0 Å². The van der Waals surface area contributed by atoms with Crippen molar-refractivity contribution in [2.75, 3.05) is 58.4 Å². The summed E-state index contributed by atoms with van der Waals surface area (Å²) in [5.74, 6) is 0.316. The molecule has 0 bridgehead atoms. The number of anilines is 1. The number of methoxy groups -OCH3 is 1. The Hall–Kier alpha value is -3.19. The Morgan fingerprint density at radius 2 is 2.15 bits per heavy atom. The molecule has 3 aromatic heterocycles. The normalized spacial score (nSPS) is 20.6. The van der Waals surface area contributed by atoms with E-state index < -0.39 is 17.6 Å². The zero-order valence-electron chi connectivity index (χ0n) is 19.3. The molecule has 0 radical (unpaired) electrons. The van der Waals surface area contributed by atoms with Crippen molar-refractivity contribution < 1.29 is 19.7 Å². The zero-order chi connectivity index (χ0) is 24.1. The summed E-state index contributed by atoms with van der Waals surface area (Å²) in [4.78, 5) is 33.4. The van der Waals surface area contributed by atoms with Crippen molar-refractivity contribution in [3.63, 3.8) is 0 Å². The Labute approximate surface area is 197 Å². The lowest BCUT2D eigenvalue weighted by molar-refractivity contribution is -0.0376. The topological polar surface area (TPSA) is 142 Å². The van der Waals surface area contributed by atoms with E-state index in [1.54, 1.807) is 31.6 Å². The predicted octanol–water partition coefficient (Wildman–Crippen LogP) is -0.858. The summed E-state index contributed by atoms with van der Waals surface area (Å²) < 4.78 is 7.07. The lowest BCUT2D eigenvalue weighted by Gasteiger charge is -2.26. The Balaban J connectivity index is 1.33. The molecule has 3 N–H and O–H groups in total. The van der Waals surface area contributed by atoms with Crippen LogP contribution in [0.1, 0.15) is 10.5 Å². The fraction of sp³-hybridized carbons (Fsp3) is 0.500. The van der Waals surface area contributed by atoms with Crippen LogP contribution in [0.3, 0.4) is 0 Å². The molecule has 12 heteroatoms. The summed E-state index contributed by atoms with van der Waals surface area (Å²) in [6.45, 7) is 2.85. The van der Waals surface area contributed by atoms with Crippen molar-refractivity contribution in [3.8, 4) is 0 Å². The highest BCUT2D eigenvalue weighted by molar-refractivity contribution is 5.92. The third kappa shape index (κ3) is 5.14. The number of nitrogens with zero attached hydrogens (tertiary/aromatic N) is 7. The Morgan fingerprint density at radius 1 is 1.29 bits per heavy atom. The van der Waals surface area contributed by atoms with Gasteiger partial charge in [0.25, 0.3) is 5.91 Å².